The summed E-state index contributed by atoms with van der Waals surface area (Å²) in [5.41, 5.74) is 6.75. The van der Waals surface area contributed by atoms with Gasteiger partial charge in [-0.05, 0) is 75.0 Å². The average molecular weight is 392 g/mol. The quantitative estimate of drug-likeness (QED) is 0.289. The molecule has 5 atom stereocenters. The van der Waals surface area contributed by atoms with E-state index in [-0.39, 0.29) is 11.0 Å². The summed E-state index contributed by atoms with van der Waals surface area (Å²) in [4.78, 5) is 27.0. The van der Waals surface area contributed by atoms with E-state index in [1.54, 1.807) is 6.21 Å². The molecule has 2 amide bonds. The van der Waals surface area contributed by atoms with Crippen LogP contribution in [0.2, 0.25) is 0 Å². The third kappa shape index (κ3) is 5.15. The summed E-state index contributed by atoms with van der Waals surface area (Å²) in [7, 11) is 0. The Morgan fingerprint density at radius 1 is 1.43 bits per heavy atom. The number of amides is 2. The molecule has 6 heteroatoms. The number of oxime groups is 1. The number of nitrogens with two attached hydrogens (primary N) is 1. The first-order chi connectivity index (χ1) is 13.1. The Morgan fingerprint density at radius 2 is 2.14 bits per heavy atom. The Morgan fingerprint density at radius 3 is 2.79 bits per heavy atom. The molecular formula is C22H37N3O3. The average Bonchev–Trinajstić information content (AvgIpc) is 2.56. The monoisotopic (exact) mass is 391 g/mol. The first-order valence-electron chi connectivity index (χ1n) is 10.5. The summed E-state index contributed by atoms with van der Waals surface area (Å²) in [6, 6.07) is -0.423. The van der Waals surface area contributed by atoms with Crippen LogP contribution in [-0.2, 0) is 9.63 Å². The minimum Gasteiger partial charge on any atom is -0.352 e. The van der Waals surface area contributed by atoms with Crippen molar-refractivity contribution in [3.63, 3.8) is 0 Å². The van der Waals surface area contributed by atoms with Crippen molar-refractivity contribution in [2.75, 3.05) is 0 Å². The predicted molar refractivity (Wildman–Crippen MR) is 112 cm³/mol. The lowest BCUT2D eigenvalue weighted by Gasteiger charge is -2.58. The van der Waals surface area contributed by atoms with Crippen LogP contribution in [-0.4, -0.2) is 23.8 Å². The molecule has 158 valence electrons. The normalized spacial score (nSPS) is 33.9. The summed E-state index contributed by atoms with van der Waals surface area (Å²) in [6.07, 6.45) is 9.94. The van der Waals surface area contributed by atoms with Crippen molar-refractivity contribution in [3.05, 3.63) is 12.2 Å². The second kappa shape index (κ2) is 9.10. The highest BCUT2D eigenvalue weighted by atomic mass is 16.7. The summed E-state index contributed by atoms with van der Waals surface area (Å²) in [6.45, 7) is 12.5. The molecule has 2 aliphatic carbocycles. The molecule has 2 fully saturated rings. The molecule has 0 unspecified atom stereocenters. The van der Waals surface area contributed by atoms with Gasteiger partial charge in [0.15, 0.2) is 0 Å². The third-order valence-corrected chi connectivity index (χ3v) is 7.14. The highest BCUT2D eigenvalue weighted by molar-refractivity contribution is 5.72. The van der Waals surface area contributed by atoms with Crippen molar-refractivity contribution in [1.82, 2.24) is 5.32 Å². The molecule has 0 aliphatic heterocycles. The van der Waals surface area contributed by atoms with E-state index in [2.05, 4.69) is 42.7 Å². The van der Waals surface area contributed by atoms with Crippen molar-refractivity contribution >= 4 is 18.2 Å². The smallest absolute Gasteiger partial charge is 0.331 e. The molecule has 0 radical (unpaired) electrons. The molecule has 0 bridgehead atoms. The van der Waals surface area contributed by atoms with Crippen LogP contribution in [0.1, 0.15) is 79.1 Å². The van der Waals surface area contributed by atoms with E-state index in [0.29, 0.717) is 17.8 Å². The van der Waals surface area contributed by atoms with E-state index in [0.717, 1.165) is 44.9 Å². The molecule has 2 saturated carbocycles. The van der Waals surface area contributed by atoms with Gasteiger partial charge in [-0.15, -0.1) is 0 Å². The maximum Gasteiger partial charge on any atom is 0.331 e. The van der Waals surface area contributed by atoms with Gasteiger partial charge in [-0.3, -0.25) is 0 Å². The Kier molecular flexibility index (Phi) is 7.29. The van der Waals surface area contributed by atoms with Gasteiger partial charge < -0.3 is 15.9 Å². The van der Waals surface area contributed by atoms with E-state index in [1.165, 1.54) is 18.9 Å². The van der Waals surface area contributed by atoms with E-state index in [4.69, 9.17) is 5.73 Å². The fourth-order valence-corrected chi connectivity index (χ4v) is 5.82. The number of allylic oxidation sites excluding steroid dienone is 1. The van der Waals surface area contributed by atoms with Gasteiger partial charge in [0.05, 0.1) is 0 Å². The molecule has 0 aromatic rings. The van der Waals surface area contributed by atoms with Crippen LogP contribution in [0.4, 0.5) is 4.79 Å². The Labute approximate surface area is 169 Å². The minimum atomic E-state index is -0.423. The van der Waals surface area contributed by atoms with Gasteiger partial charge in [-0.1, -0.05) is 37.6 Å². The highest BCUT2D eigenvalue weighted by Crippen LogP contribution is 2.59. The molecule has 6 nitrogen and oxygen atoms in total. The van der Waals surface area contributed by atoms with Crippen LogP contribution in [0.3, 0.4) is 0 Å². The lowest BCUT2D eigenvalue weighted by atomic mass is 9.49. The molecule has 3 N–H and O–H groups in total. The summed E-state index contributed by atoms with van der Waals surface area (Å²) < 4.78 is 0. The fraction of sp³-hybridized carbons (Fsp3) is 0.773. The van der Waals surface area contributed by atoms with Crippen LogP contribution in [0, 0.1) is 23.2 Å². The number of carbonyl (C=O) groups is 2. The van der Waals surface area contributed by atoms with Gasteiger partial charge in [0, 0.05) is 18.7 Å². The highest BCUT2D eigenvalue weighted by Gasteiger charge is 2.54. The molecule has 2 rings (SSSR count). The number of carbonyl (C=O) groups excluding carboxylic acids is 2. The number of rotatable bonds is 7. The van der Waals surface area contributed by atoms with Gasteiger partial charge in [0.2, 0.25) is 0 Å². The molecule has 28 heavy (non-hydrogen) atoms. The second-order valence-electron chi connectivity index (χ2n) is 9.36. The Hall–Kier alpha value is -1.85. The largest absolute Gasteiger partial charge is 0.352 e. The summed E-state index contributed by atoms with van der Waals surface area (Å²) in [5, 5.41) is 6.78. The zero-order chi connectivity index (χ0) is 20.9. The summed E-state index contributed by atoms with van der Waals surface area (Å²) in [5.74, 6) is 0.923. The number of primary amides is 1. The third-order valence-electron chi connectivity index (χ3n) is 7.14. The number of nitrogens with one attached hydrogen (secondary N) is 1. The van der Waals surface area contributed by atoms with Crippen LogP contribution < -0.4 is 11.1 Å². The summed E-state index contributed by atoms with van der Waals surface area (Å²) >= 11 is 0. The molecule has 0 saturated heterocycles. The predicted octanol–water partition coefficient (Wildman–Crippen LogP) is 4.54. The van der Waals surface area contributed by atoms with E-state index in [9.17, 15) is 9.59 Å². The number of nitrogens with zero attached hydrogens (tertiary/aromatic N) is 1. The number of fused-ring (bicyclic) bond motifs is 1. The second-order valence-corrected chi connectivity index (χ2v) is 9.36. The van der Waals surface area contributed by atoms with Crippen LogP contribution in [0.25, 0.3) is 0 Å². The Bertz CT molecular complexity index is 633. The van der Waals surface area contributed by atoms with Gasteiger partial charge in [0.25, 0.3) is 0 Å². The van der Waals surface area contributed by atoms with Gasteiger partial charge in [-0.25, -0.2) is 9.59 Å². The van der Waals surface area contributed by atoms with Crippen molar-refractivity contribution in [2.45, 2.75) is 84.6 Å². The SMILES string of the molecule is C=C1CC[C@@H]2[C@](C)(CCC[C@]2(C)NC(N)=O)[C@H]1CC[C@H](C)C/C=N/OC(C)=O. The fourth-order valence-electron chi connectivity index (χ4n) is 5.82. The van der Waals surface area contributed by atoms with E-state index >= 15 is 0 Å². The van der Waals surface area contributed by atoms with Crippen molar-refractivity contribution in [3.8, 4) is 0 Å². The zero-order valence-electron chi connectivity index (χ0n) is 17.9. The molecular weight excluding hydrogens is 354 g/mol. The molecule has 2 aliphatic rings. The van der Waals surface area contributed by atoms with Crippen LogP contribution in [0.15, 0.2) is 17.3 Å². The maximum absolute atomic E-state index is 11.6. The number of hydrogen-bond donors (Lipinski definition) is 2. The topological polar surface area (TPSA) is 93.8 Å². The lowest BCUT2D eigenvalue weighted by molar-refractivity contribution is -0.140. The van der Waals surface area contributed by atoms with Gasteiger partial charge in [-0.2, -0.15) is 0 Å². The molecule has 0 aromatic heterocycles. The number of hydrogen-bond acceptors (Lipinski definition) is 4. The number of urea groups is 1. The maximum atomic E-state index is 11.6. The molecule has 0 spiro atoms. The van der Waals surface area contributed by atoms with Crippen molar-refractivity contribution < 1.29 is 14.4 Å². The minimum absolute atomic E-state index is 0.135. The first kappa shape index (κ1) is 22.4. The molecule has 0 aromatic carbocycles. The van der Waals surface area contributed by atoms with Crippen molar-refractivity contribution in [1.29, 1.82) is 0 Å². The van der Waals surface area contributed by atoms with Gasteiger partial charge in [0.1, 0.15) is 0 Å². The standard InChI is InChI=1S/C22H37N3O3/c1-15(11-14-24-28-17(3)26)7-9-18-16(2)8-10-19-21(18,4)12-6-13-22(19,5)25-20(23)27/h14-15,18-19H,2,6-13H2,1,3-5H3,(H3,23,25,27)/b24-14+/t15-,18-,19+,21+,22-/m0/s1. The lowest BCUT2D eigenvalue weighted by Crippen LogP contribution is -2.62. The molecule has 0 heterocycles. The zero-order valence-corrected chi connectivity index (χ0v) is 17.9. The Balaban J connectivity index is 2.04. The van der Waals surface area contributed by atoms with Crippen LogP contribution in [0.5, 0.6) is 0 Å². The van der Waals surface area contributed by atoms with Crippen LogP contribution >= 0.6 is 0 Å². The van der Waals surface area contributed by atoms with E-state index < -0.39 is 12.0 Å². The van der Waals surface area contributed by atoms with Gasteiger partial charge >= 0.3 is 12.0 Å². The first-order valence-corrected chi connectivity index (χ1v) is 10.5. The van der Waals surface area contributed by atoms with E-state index in [1.807, 2.05) is 0 Å². The van der Waals surface area contributed by atoms with Crippen molar-refractivity contribution in [2.24, 2.45) is 34.1 Å².